The Morgan fingerprint density at radius 1 is 0.875 bits per heavy atom. The number of benzene rings is 1. The van der Waals surface area contributed by atoms with Crippen LogP contribution in [-0.4, -0.2) is 4.98 Å². The van der Waals surface area contributed by atoms with Crippen LogP contribution in [0.5, 0.6) is 0 Å². The Bertz CT molecular complexity index is 419. The van der Waals surface area contributed by atoms with Crippen molar-refractivity contribution >= 4 is 10.8 Å². The van der Waals surface area contributed by atoms with E-state index in [4.69, 9.17) is 0 Å². The molecule has 0 N–H and O–H groups in total. The summed E-state index contributed by atoms with van der Waals surface area (Å²) in [6.07, 6.45) is 1.85. The normalized spacial score (nSPS) is 8.62. The van der Waals surface area contributed by atoms with E-state index < -0.39 is 0 Å². The van der Waals surface area contributed by atoms with Gasteiger partial charge in [-0.15, -0.1) is 0 Å². The molecule has 0 aliphatic heterocycles. The molecule has 0 fully saturated rings. The average molecular weight is 217 g/mol. The first kappa shape index (κ1) is 14.6. The Morgan fingerprint density at radius 2 is 1.50 bits per heavy atom. The van der Waals surface area contributed by atoms with Gasteiger partial charge < -0.3 is 0 Å². The number of hydrogen-bond acceptors (Lipinski definition) is 1. The molecule has 88 valence electrons. The Morgan fingerprint density at radius 3 is 2.12 bits per heavy atom. The number of hydrogen-bond donors (Lipinski definition) is 0. The molecule has 0 unspecified atom stereocenters. The highest BCUT2D eigenvalue weighted by molar-refractivity contribution is 5.84. The molecular formula is C15H23N. The highest BCUT2D eigenvalue weighted by Crippen LogP contribution is 2.17. The molecule has 0 bridgehead atoms. The quantitative estimate of drug-likeness (QED) is 0.611. The average Bonchev–Trinajstić information content (AvgIpc) is 2.35. The Hall–Kier alpha value is -1.37. The van der Waals surface area contributed by atoms with Crippen molar-refractivity contribution in [3.63, 3.8) is 0 Å². The van der Waals surface area contributed by atoms with Crippen LogP contribution in [0, 0.1) is 13.8 Å². The molecule has 1 aromatic heterocycles. The van der Waals surface area contributed by atoms with E-state index in [0.717, 1.165) is 5.69 Å². The van der Waals surface area contributed by atoms with E-state index in [1.54, 1.807) is 0 Å². The van der Waals surface area contributed by atoms with E-state index in [1.807, 2.05) is 46.9 Å². The monoisotopic (exact) mass is 217 g/mol. The summed E-state index contributed by atoms with van der Waals surface area (Å²) in [6, 6.07) is 8.49. The fourth-order valence-corrected chi connectivity index (χ4v) is 1.43. The summed E-state index contributed by atoms with van der Waals surface area (Å²) in [5, 5.41) is 2.53. The second-order valence-electron chi connectivity index (χ2n) is 3.12. The molecule has 1 aromatic carbocycles. The standard InChI is InChI=1S/C11H11N.2C2H6/c1-8-3-4-10-5-6-12-9(2)11(10)7-8;2*1-2/h3-7H,1-2H3;2*1-2H3. The Balaban J connectivity index is 0.000000509. The molecular weight excluding hydrogens is 194 g/mol. The van der Waals surface area contributed by atoms with E-state index >= 15 is 0 Å². The van der Waals surface area contributed by atoms with Crippen LogP contribution < -0.4 is 0 Å². The number of fused-ring (bicyclic) bond motifs is 1. The highest BCUT2D eigenvalue weighted by atomic mass is 14.7. The summed E-state index contributed by atoms with van der Waals surface area (Å²) in [5.41, 5.74) is 2.40. The van der Waals surface area contributed by atoms with Crippen LogP contribution in [-0.2, 0) is 0 Å². The molecule has 0 saturated heterocycles. The largest absolute Gasteiger partial charge is 0.261 e. The smallest absolute Gasteiger partial charge is 0.0451 e. The molecule has 2 rings (SSSR count). The van der Waals surface area contributed by atoms with Gasteiger partial charge in [-0.1, -0.05) is 45.4 Å². The first-order valence-corrected chi connectivity index (χ1v) is 6.09. The summed E-state index contributed by atoms with van der Waals surface area (Å²) >= 11 is 0. The number of rotatable bonds is 0. The second-order valence-corrected chi connectivity index (χ2v) is 3.12. The van der Waals surface area contributed by atoms with E-state index in [-0.39, 0.29) is 0 Å². The lowest BCUT2D eigenvalue weighted by Crippen LogP contribution is -1.83. The second kappa shape index (κ2) is 7.86. The maximum Gasteiger partial charge on any atom is 0.0451 e. The van der Waals surface area contributed by atoms with Crippen LogP contribution in [0.4, 0.5) is 0 Å². The first-order valence-electron chi connectivity index (χ1n) is 6.09. The molecule has 0 spiro atoms. The zero-order valence-electron chi connectivity index (χ0n) is 11.3. The lowest BCUT2D eigenvalue weighted by atomic mass is 10.1. The minimum absolute atomic E-state index is 1.11. The van der Waals surface area contributed by atoms with Crippen LogP contribution in [0.3, 0.4) is 0 Å². The van der Waals surface area contributed by atoms with Crippen molar-refractivity contribution in [3.8, 4) is 0 Å². The van der Waals surface area contributed by atoms with Crippen molar-refractivity contribution in [1.82, 2.24) is 4.98 Å². The van der Waals surface area contributed by atoms with Crippen LogP contribution in [0.2, 0.25) is 0 Å². The maximum absolute atomic E-state index is 4.25. The Labute approximate surface area is 99.5 Å². The van der Waals surface area contributed by atoms with Crippen LogP contribution >= 0.6 is 0 Å². The van der Waals surface area contributed by atoms with Gasteiger partial charge >= 0.3 is 0 Å². The molecule has 0 saturated carbocycles. The third kappa shape index (κ3) is 3.65. The van der Waals surface area contributed by atoms with E-state index in [0.29, 0.717) is 0 Å². The highest BCUT2D eigenvalue weighted by Gasteiger charge is 1.96. The van der Waals surface area contributed by atoms with Gasteiger partial charge in [0.1, 0.15) is 0 Å². The third-order valence-electron chi connectivity index (χ3n) is 2.12. The van der Waals surface area contributed by atoms with E-state index in [1.165, 1.54) is 16.3 Å². The van der Waals surface area contributed by atoms with Crippen molar-refractivity contribution < 1.29 is 0 Å². The first-order chi connectivity index (χ1) is 7.77. The van der Waals surface area contributed by atoms with Gasteiger partial charge in [0.15, 0.2) is 0 Å². The summed E-state index contributed by atoms with van der Waals surface area (Å²) in [7, 11) is 0. The van der Waals surface area contributed by atoms with Gasteiger partial charge in [-0.25, -0.2) is 0 Å². The number of pyridine rings is 1. The third-order valence-corrected chi connectivity index (χ3v) is 2.12. The molecule has 1 heteroatoms. The van der Waals surface area contributed by atoms with Crippen molar-refractivity contribution in [2.24, 2.45) is 0 Å². The topological polar surface area (TPSA) is 12.9 Å². The predicted octanol–water partition coefficient (Wildman–Crippen LogP) is 4.90. The molecule has 1 heterocycles. The molecule has 2 aromatic rings. The van der Waals surface area contributed by atoms with Crippen molar-refractivity contribution in [1.29, 1.82) is 0 Å². The Kier molecular flexibility index (Phi) is 7.19. The van der Waals surface area contributed by atoms with Gasteiger partial charge in [-0.2, -0.15) is 0 Å². The predicted molar refractivity (Wildman–Crippen MR) is 73.9 cm³/mol. The fraction of sp³-hybridized carbons (Fsp3) is 0.400. The van der Waals surface area contributed by atoms with Crippen LogP contribution in [0.25, 0.3) is 10.8 Å². The summed E-state index contributed by atoms with van der Waals surface area (Å²) in [5.74, 6) is 0. The molecule has 16 heavy (non-hydrogen) atoms. The maximum atomic E-state index is 4.25. The lowest BCUT2D eigenvalue weighted by molar-refractivity contribution is 1.23. The molecule has 0 atom stereocenters. The minimum Gasteiger partial charge on any atom is -0.261 e. The van der Waals surface area contributed by atoms with Crippen molar-refractivity contribution in [2.75, 3.05) is 0 Å². The molecule has 0 aliphatic carbocycles. The number of aromatic nitrogens is 1. The summed E-state index contributed by atoms with van der Waals surface area (Å²) in [6.45, 7) is 12.1. The van der Waals surface area contributed by atoms with Crippen molar-refractivity contribution in [2.45, 2.75) is 41.5 Å². The lowest BCUT2D eigenvalue weighted by Gasteiger charge is -2.01. The molecule has 1 nitrogen and oxygen atoms in total. The van der Waals surface area contributed by atoms with Gasteiger partial charge in [-0.3, -0.25) is 4.98 Å². The van der Waals surface area contributed by atoms with Gasteiger partial charge in [0, 0.05) is 17.3 Å². The summed E-state index contributed by atoms with van der Waals surface area (Å²) < 4.78 is 0. The minimum atomic E-state index is 1.11. The molecule has 0 amide bonds. The van der Waals surface area contributed by atoms with Gasteiger partial charge in [0.2, 0.25) is 0 Å². The zero-order chi connectivity index (χ0) is 12.6. The summed E-state index contributed by atoms with van der Waals surface area (Å²) in [4.78, 5) is 4.25. The van der Waals surface area contributed by atoms with Gasteiger partial charge in [0.25, 0.3) is 0 Å². The molecule has 0 radical (unpaired) electrons. The van der Waals surface area contributed by atoms with Crippen LogP contribution in [0.1, 0.15) is 39.0 Å². The fourth-order valence-electron chi connectivity index (χ4n) is 1.43. The van der Waals surface area contributed by atoms with E-state index in [2.05, 4.69) is 30.1 Å². The number of aryl methyl sites for hydroxylation is 2. The zero-order valence-corrected chi connectivity index (χ0v) is 11.3. The molecule has 0 aliphatic rings. The number of nitrogens with zero attached hydrogens (tertiary/aromatic N) is 1. The van der Waals surface area contributed by atoms with Gasteiger partial charge in [-0.05, 0) is 31.4 Å². The van der Waals surface area contributed by atoms with Crippen molar-refractivity contribution in [3.05, 3.63) is 41.7 Å². The SMILES string of the molecule is CC.CC.Cc1ccc2ccnc(C)c2c1. The van der Waals surface area contributed by atoms with E-state index in [9.17, 15) is 0 Å². The van der Waals surface area contributed by atoms with Gasteiger partial charge in [0.05, 0.1) is 0 Å². The van der Waals surface area contributed by atoms with Crippen LogP contribution in [0.15, 0.2) is 30.5 Å².